The first-order valence-electron chi connectivity index (χ1n) is 10.7. The summed E-state index contributed by atoms with van der Waals surface area (Å²) in [4.78, 5) is 43.8. The quantitative estimate of drug-likeness (QED) is 0.585. The van der Waals surface area contributed by atoms with E-state index in [9.17, 15) is 14.4 Å². The van der Waals surface area contributed by atoms with Crippen molar-refractivity contribution in [2.24, 2.45) is 35.5 Å². The van der Waals surface area contributed by atoms with Crippen LogP contribution in [0.4, 0.5) is 0 Å². The maximum atomic E-state index is 12.9. The SMILES string of the molecule is Cc1ccc(-c2noc(CNC(=O)CN3C(=O)[C@@H]4[C@H]5C=C[C@@H]([C@@H]6C[C@H]56)[C@H]4C3=O)n2)cc1. The van der Waals surface area contributed by atoms with Crippen molar-refractivity contribution in [2.45, 2.75) is 19.9 Å². The summed E-state index contributed by atoms with van der Waals surface area (Å²) in [5.41, 5.74) is 1.95. The van der Waals surface area contributed by atoms with Crippen molar-refractivity contribution < 1.29 is 18.9 Å². The zero-order valence-corrected chi connectivity index (χ0v) is 17.0. The van der Waals surface area contributed by atoms with Crippen LogP contribution in [0.5, 0.6) is 0 Å². The van der Waals surface area contributed by atoms with E-state index in [2.05, 4.69) is 27.6 Å². The molecule has 158 valence electrons. The number of aryl methyl sites for hydroxylation is 1. The van der Waals surface area contributed by atoms with Crippen LogP contribution in [0.25, 0.3) is 11.4 Å². The number of hydrogen-bond donors (Lipinski definition) is 1. The highest BCUT2D eigenvalue weighted by atomic mass is 16.5. The number of imide groups is 1. The number of benzene rings is 1. The molecular weight excluding hydrogens is 396 g/mol. The van der Waals surface area contributed by atoms with E-state index in [0.717, 1.165) is 22.4 Å². The minimum atomic E-state index is -0.416. The number of likely N-dealkylation sites (tertiary alicyclic amines) is 1. The Bertz CT molecular complexity index is 1080. The fourth-order valence-electron chi connectivity index (χ4n) is 5.69. The zero-order valence-electron chi connectivity index (χ0n) is 17.0. The Morgan fingerprint density at radius 1 is 1.10 bits per heavy atom. The summed E-state index contributed by atoms with van der Waals surface area (Å²) in [6, 6.07) is 7.72. The van der Waals surface area contributed by atoms with Gasteiger partial charge in [-0.1, -0.05) is 47.1 Å². The predicted octanol–water partition coefficient (Wildman–Crippen LogP) is 1.71. The number of carbonyl (C=O) groups is 3. The van der Waals surface area contributed by atoms with E-state index in [1.165, 1.54) is 0 Å². The summed E-state index contributed by atoms with van der Waals surface area (Å²) in [7, 11) is 0. The third-order valence-corrected chi connectivity index (χ3v) is 7.27. The number of amides is 3. The lowest BCUT2D eigenvalue weighted by Gasteiger charge is -2.37. The van der Waals surface area contributed by atoms with Crippen LogP contribution in [-0.2, 0) is 20.9 Å². The molecule has 8 nitrogen and oxygen atoms in total. The number of nitrogens with zero attached hydrogens (tertiary/aromatic N) is 3. The maximum Gasteiger partial charge on any atom is 0.246 e. The predicted molar refractivity (Wildman–Crippen MR) is 108 cm³/mol. The highest BCUT2D eigenvalue weighted by Gasteiger charge is 2.67. The number of allylic oxidation sites excluding steroid dienone is 2. The minimum Gasteiger partial charge on any atom is -0.345 e. The highest BCUT2D eigenvalue weighted by molar-refractivity contribution is 6.08. The molecule has 7 rings (SSSR count). The molecule has 3 amide bonds. The number of hydrogen-bond acceptors (Lipinski definition) is 6. The molecule has 2 bridgehead atoms. The van der Waals surface area contributed by atoms with Gasteiger partial charge in [-0.3, -0.25) is 19.3 Å². The summed E-state index contributed by atoms with van der Waals surface area (Å²) in [5, 5.41) is 6.62. The van der Waals surface area contributed by atoms with Gasteiger partial charge in [0.15, 0.2) is 0 Å². The molecule has 2 aromatic rings. The third-order valence-electron chi connectivity index (χ3n) is 7.27. The van der Waals surface area contributed by atoms with Crippen molar-refractivity contribution >= 4 is 17.7 Å². The van der Waals surface area contributed by atoms with E-state index in [0.29, 0.717) is 17.7 Å². The van der Waals surface area contributed by atoms with E-state index >= 15 is 0 Å². The molecule has 6 atom stereocenters. The molecule has 1 N–H and O–H groups in total. The molecule has 8 heteroatoms. The van der Waals surface area contributed by atoms with Gasteiger partial charge < -0.3 is 9.84 Å². The Morgan fingerprint density at radius 3 is 2.39 bits per heavy atom. The van der Waals surface area contributed by atoms with E-state index in [-0.39, 0.29) is 54.5 Å². The van der Waals surface area contributed by atoms with Crippen LogP contribution in [0.3, 0.4) is 0 Å². The van der Waals surface area contributed by atoms with E-state index in [4.69, 9.17) is 4.52 Å². The second kappa shape index (κ2) is 6.60. The average molecular weight is 418 g/mol. The molecule has 1 aromatic heterocycles. The van der Waals surface area contributed by atoms with Gasteiger partial charge in [-0.2, -0.15) is 4.98 Å². The molecule has 0 radical (unpaired) electrons. The van der Waals surface area contributed by atoms with Crippen LogP contribution in [-0.4, -0.2) is 39.3 Å². The normalized spacial score (nSPS) is 32.2. The standard InChI is InChI=1S/C23H22N4O4/c1-11-2-4-12(5-3-11)21-25-18(31-26-21)9-24-17(28)10-27-22(29)19-13-6-7-14(16-8-15(13)16)20(19)23(27)30/h2-7,13-16,19-20H,8-10H2,1H3,(H,24,28)/t13-,14-,15-,16+,19+,20+/m0/s1. The van der Waals surface area contributed by atoms with Gasteiger partial charge in [0.05, 0.1) is 18.4 Å². The van der Waals surface area contributed by atoms with Crippen molar-refractivity contribution in [2.75, 3.05) is 6.54 Å². The number of rotatable bonds is 5. The van der Waals surface area contributed by atoms with Crippen LogP contribution in [0.1, 0.15) is 17.9 Å². The molecule has 1 aromatic carbocycles. The van der Waals surface area contributed by atoms with Gasteiger partial charge in [-0.25, -0.2) is 0 Å². The monoisotopic (exact) mass is 418 g/mol. The Balaban J connectivity index is 1.09. The van der Waals surface area contributed by atoms with Crippen molar-refractivity contribution in [1.82, 2.24) is 20.4 Å². The van der Waals surface area contributed by atoms with Gasteiger partial charge >= 0.3 is 0 Å². The Labute approximate surface area is 178 Å². The molecule has 2 heterocycles. The lowest BCUT2D eigenvalue weighted by atomic mass is 9.63. The summed E-state index contributed by atoms with van der Waals surface area (Å²) >= 11 is 0. The Hall–Kier alpha value is -3.29. The van der Waals surface area contributed by atoms with Gasteiger partial charge in [0.1, 0.15) is 6.54 Å². The van der Waals surface area contributed by atoms with E-state index in [1.54, 1.807) is 0 Å². The Morgan fingerprint density at radius 2 is 1.74 bits per heavy atom. The van der Waals surface area contributed by atoms with Crippen LogP contribution < -0.4 is 5.32 Å². The average Bonchev–Trinajstić information content (AvgIpc) is 3.41. The smallest absolute Gasteiger partial charge is 0.246 e. The van der Waals surface area contributed by atoms with Gasteiger partial charge in [-0.05, 0) is 37.0 Å². The first-order chi connectivity index (χ1) is 15.0. The molecular formula is C23H22N4O4. The third kappa shape index (κ3) is 2.85. The van der Waals surface area contributed by atoms with Gasteiger partial charge in [0.2, 0.25) is 29.4 Å². The summed E-state index contributed by atoms with van der Waals surface area (Å²) < 4.78 is 5.21. The first kappa shape index (κ1) is 18.5. The summed E-state index contributed by atoms with van der Waals surface area (Å²) in [6.45, 7) is 1.77. The van der Waals surface area contributed by atoms with E-state index < -0.39 is 5.91 Å². The lowest BCUT2D eigenvalue weighted by Crippen LogP contribution is -2.41. The lowest BCUT2D eigenvalue weighted by molar-refractivity contribution is -0.143. The van der Waals surface area contributed by atoms with Crippen molar-refractivity contribution in [3.8, 4) is 11.4 Å². The van der Waals surface area contributed by atoms with Crippen LogP contribution in [0.2, 0.25) is 0 Å². The summed E-state index contributed by atoms with van der Waals surface area (Å²) in [6.07, 6.45) is 5.36. The Kier molecular flexibility index (Phi) is 3.94. The van der Waals surface area contributed by atoms with Gasteiger partial charge in [0.25, 0.3) is 0 Å². The van der Waals surface area contributed by atoms with Gasteiger partial charge in [0, 0.05) is 5.56 Å². The molecule has 31 heavy (non-hydrogen) atoms. The largest absolute Gasteiger partial charge is 0.345 e. The fraction of sp³-hybridized carbons (Fsp3) is 0.435. The first-order valence-corrected chi connectivity index (χ1v) is 10.7. The number of carbonyl (C=O) groups excluding carboxylic acids is 3. The molecule has 3 fully saturated rings. The van der Waals surface area contributed by atoms with Crippen LogP contribution >= 0.6 is 0 Å². The second-order valence-electron chi connectivity index (χ2n) is 9.07. The zero-order chi connectivity index (χ0) is 21.3. The molecule has 1 saturated heterocycles. The second-order valence-corrected chi connectivity index (χ2v) is 9.07. The molecule has 4 aliphatic carbocycles. The fourth-order valence-corrected chi connectivity index (χ4v) is 5.69. The minimum absolute atomic E-state index is 0.0394. The topological polar surface area (TPSA) is 105 Å². The van der Waals surface area contributed by atoms with Crippen LogP contribution in [0.15, 0.2) is 40.9 Å². The molecule has 2 saturated carbocycles. The van der Waals surface area contributed by atoms with Crippen LogP contribution in [0, 0.1) is 42.4 Å². The van der Waals surface area contributed by atoms with Crippen molar-refractivity contribution in [3.63, 3.8) is 0 Å². The molecule has 5 aliphatic rings. The van der Waals surface area contributed by atoms with E-state index in [1.807, 2.05) is 31.2 Å². The molecule has 0 unspecified atom stereocenters. The number of aromatic nitrogens is 2. The summed E-state index contributed by atoms with van der Waals surface area (Å²) in [5.74, 6) is 0.720. The highest BCUT2D eigenvalue weighted by Crippen LogP contribution is 2.65. The molecule has 1 aliphatic heterocycles. The van der Waals surface area contributed by atoms with Crippen molar-refractivity contribution in [1.29, 1.82) is 0 Å². The molecule has 0 spiro atoms. The maximum absolute atomic E-state index is 12.9. The number of nitrogens with one attached hydrogen (secondary N) is 1. The van der Waals surface area contributed by atoms with Crippen molar-refractivity contribution in [3.05, 3.63) is 47.9 Å². The van der Waals surface area contributed by atoms with Gasteiger partial charge in [-0.15, -0.1) is 0 Å².